The zero-order chi connectivity index (χ0) is 10.6. The topological polar surface area (TPSA) is 21.3 Å². The van der Waals surface area contributed by atoms with Gasteiger partial charge in [0.1, 0.15) is 0 Å². The second kappa shape index (κ2) is 11.0. The molecule has 0 atom stereocenters. The maximum Gasteiger partial charge on any atom is 0.0465 e. The Morgan fingerprint density at radius 3 is 2.43 bits per heavy atom. The third-order valence-corrected chi connectivity index (χ3v) is 2.15. The second-order valence-electron chi connectivity index (χ2n) is 4.21. The molecule has 0 aromatic carbocycles. The molecule has 0 aliphatic heterocycles. The van der Waals surface area contributed by atoms with Crippen LogP contribution in [0.4, 0.5) is 0 Å². The van der Waals surface area contributed by atoms with Crippen molar-refractivity contribution in [3.05, 3.63) is 0 Å². The van der Waals surface area contributed by atoms with Crippen LogP contribution in [-0.2, 0) is 4.74 Å². The van der Waals surface area contributed by atoms with E-state index >= 15 is 0 Å². The van der Waals surface area contributed by atoms with E-state index in [4.69, 9.17) is 4.74 Å². The van der Waals surface area contributed by atoms with Crippen LogP contribution in [0.15, 0.2) is 0 Å². The van der Waals surface area contributed by atoms with Crippen molar-refractivity contribution in [3.63, 3.8) is 0 Å². The number of unbranched alkanes of at least 4 members (excludes halogenated alkanes) is 3. The van der Waals surface area contributed by atoms with Crippen LogP contribution in [-0.4, -0.2) is 26.3 Å². The molecule has 0 bridgehead atoms. The molecule has 0 saturated carbocycles. The molecule has 0 aromatic rings. The fraction of sp³-hybridized carbons (Fsp3) is 1.00. The van der Waals surface area contributed by atoms with Gasteiger partial charge in [0.15, 0.2) is 0 Å². The summed E-state index contributed by atoms with van der Waals surface area (Å²) in [5, 5.41) is 3.46. The molecule has 86 valence electrons. The first-order valence-corrected chi connectivity index (χ1v) is 6.05. The summed E-state index contributed by atoms with van der Waals surface area (Å²) in [5.41, 5.74) is 0. The van der Waals surface area contributed by atoms with Gasteiger partial charge in [-0.3, -0.25) is 0 Å². The van der Waals surface area contributed by atoms with E-state index < -0.39 is 0 Å². The summed E-state index contributed by atoms with van der Waals surface area (Å²) < 4.78 is 5.28. The molecule has 0 aromatic heterocycles. The molecule has 1 N–H and O–H groups in total. The van der Waals surface area contributed by atoms with Crippen LogP contribution in [0, 0.1) is 5.92 Å². The summed E-state index contributed by atoms with van der Waals surface area (Å²) in [6.07, 6.45) is 5.17. The lowest BCUT2D eigenvalue weighted by Crippen LogP contribution is -2.20. The first-order chi connectivity index (χ1) is 6.77. The van der Waals surface area contributed by atoms with Gasteiger partial charge in [0.25, 0.3) is 0 Å². The molecule has 0 amide bonds. The number of hydrogen-bond acceptors (Lipinski definition) is 2. The highest BCUT2D eigenvalue weighted by atomic mass is 16.5. The smallest absolute Gasteiger partial charge is 0.0465 e. The van der Waals surface area contributed by atoms with Crippen molar-refractivity contribution in [2.45, 2.75) is 46.5 Å². The summed E-state index contributed by atoms with van der Waals surface area (Å²) in [7, 11) is 0. The monoisotopic (exact) mass is 201 g/mol. The molecule has 0 spiro atoms. The van der Waals surface area contributed by atoms with E-state index in [0.29, 0.717) is 0 Å². The van der Waals surface area contributed by atoms with Crippen LogP contribution in [0.25, 0.3) is 0 Å². The van der Waals surface area contributed by atoms with E-state index in [1.54, 1.807) is 0 Å². The molecule has 0 heterocycles. The molecule has 0 saturated heterocycles. The lowest BCUT2D eigenvalue weighted by molar-refractivity contribution is 0.143. The Kier molecular flexibility index (Phi) is 10.9. The van der Waals surface area contributed by atoms with Crippen molar-refractivity contribution < 1.29 is 4.74 Å². The Labute approximate surface area is 89.4 Å². The zero-order valence-corrected chi connectivity index (χ0v) is 10.1. The average molecular weight is 201 g/mol. The maximum atomic E-state index is 5.28. The molecular weight excluding hydrogens is 174 g/mol. The Balaban J connectivity index is 2.85. The molecule has 0 aliphatic rings. The highest BCUT2D eigenvalue weighted by Crippen LogP contribution is 1.99. The number of rotatable bonds is 10. The van der Waals surface area contributed by atoms with E-state index in [1.165, 1.54) is 32.2 Å². The largest absolute Gasteiger partial charge is 0.382 e. The molecule has 0 rings (SSSR count). The van der Waals surface area contributed by atoms with E-state index in [-0.39, 0.29) is 0 Å². The van der Waals surface area contributed by atoms with Crippen LogP contribution >= 0.6 is 0 Å². The summed E-state index contributed by atoms with van der Waals surface area (Å²) in [5.74, 6) is 0.771. The molecular formula is C12H27NO. The van der Waals surface area contributed by atoms with E-state index in [9.17, 15) is 0 Å². The Morgan fingerprint density at radius 2 is 1.79 bits per heavy atom. The highest BCUT2D eigenvalue weighted by molar-refractivity contribution is 4.51. The van der Waals surface area contributed by atoms with Gasteiger partial charge < -0.3 is 10.1 Å². The zero-order valence-electron chi connectivity index (χ0n) is 10.1. The standard InChI is InChI=1S/C12H27NO/c1-4-14-10-8-6-5-7-9-13-11-12(2)3/h12-13H,4-11H2,1-3H3. The summed E-state index contributed by atoms with van der Waals surface area (Å²) in [6.45, 7) is 10.7. The molecule has 14 heavy (non-hydrogen) atoms. The van der Waals surface area contributed by atoms with E-state index in [2.05, 4.69) is 26.1 Å². The molecule has 0 fully saturated rings. The van der Waals surface area contributed by atoms with Gasteiger partial charge in [-0.2, -0.15) is 0 Å². The number of ether oxygens (including phenoxy) is 1. The van der Waals surface area contributed by atoms with Gasteiger partial charge in [0.05, 0.1) is 0 Å². The van der Waals surface area contributed by atoms with Gasteiger partial charge in [-0.15, -0.1) is 0 Å². The van der Waals surface area contributed by atoms with Crippen LogP contribution in [0.2, 0.25) is 0 Å². The van der Waals surface area contributed by atoms with Gasteiger partial charge in [0.2, 0.25) is 0 Å². The molecule has 0 radical (unpaired) electrons. The average Bonchev–Trinajstić information content (AvgIpc) is 2.15. The predicted octanol–water partition coefficient (Wildman–Crippen LogP) is 2.83. The van der Waals surface area contributed by atoms with Gasteiger partial charge in [-0.05, 0) is 38.8 Å². The minimum absolute atomic E-state index is 0.771. The molecule has 2 nitrogen and oxygen atoms in total. The second-order valence-corrected chi connectivity index (χ2v) is 4.21. The molecule has 0 aliphatic carbocycles. The van der Waals surface area contributed by atoms with Crippen molar-refractivity contribution in [2.24, 2.45) is 5.92 Å². The fourth-order valence-corrected chi connectivity index (χ4v) is 1.34. The lowest BCUT2D eigenvalue weighted by atomic mass is 10.2. The minimum Gasteiger partial charge on any atom is -0.382 e. The number of hydrogen-bond donors (Lipinski definition) is 1. The lowest BCUT2D eigenvalue weighted by Gasteiger charge is -2.06. The van der Waals surface area contributed by atoms with Crippen molar-refractivity contribution >= 4 is 0 Å². The first-order valence-electron chi connectivity index (χ1n) is 6.05. The van der Waals surface area contributed by atoms with Gasteiger partial charge in [-0.1, -0.05) is 26.7 Å². The van der Waals surface area contributed by atoms with Crippen LogP contribution < -0.4 is 5.32 Å². The number of nitrogens with one attached hydrogen (secondary N) is 1. The van der Waals surface area contributed by atoms with Gasteiger partial charge >= 0.3 is 0 Å². The Bertz CT molecular complexity index is 104. The van der Waals surface area contributed by atoms with Crippen molar-refractivity contribution in [1.82, 2.24) is 5.32 Å². The first kappa shape index (κ1) is 13.9. The van der Waals surface area contributed by atoms with Crippen molar-refractivity contribution in [1.29, 1.82) is 0 Å². The third kappa shape index (κ3) is 11.9. The van der Waals surface area contributed by atoms with Crippen LogP contribution in [0.1, 0.15) is 46.5 Å². The minimum atomic E-state index is 0.771. The van der Waals surface area contributed by atoms with Gasteiger partial charge in [-0.25, -0.2) is 0 Å². The quantitative estimate of drug-likeness (QED) is 0.549. The highest BCUT2D eigenvalue weighted by Gasteiger charge is 1.93. The van der Waals surface area contributed by atoms with E-state index in [0.717, 1.165) is 25.7 Å². The van der Waals surface area contributed by atoms with Crippen LogP contribution in [0.3, 0.4) is 0 Å². The predicted molar refractivity (Wildman–Crippen MR) is 62.7 cm³/mol. The SMILES string of the molecule is CCOCCCCCCNCC(C)C. The fourth-order valence-electron chi connectivity index (χ4n) is 1.34. The normalized spacial score (nSPS) is 11.1. The Hall–Kier alpha value is -0.0800. The summed E-state index contributed by atoms with van der Waals surface area (Å²) >= 11 is 0. The maximum absolute atomic E-state index is 5.28. The Morgan fingerprint density at radius 1 is 1.07 bits per heavy atom. The van der Waals surface area contributed by atoms with E-state index in [1.807, 2.05) is 0 Å². The molecule has 0 unspecified atom stereocenters. The van der Waals surface area contributed by atoms with Crippen molar-refractivity contribution in [3.8, 4) is 0 Å². The summed E-state index contributed by atoms with van der Waals surface area (Å²) in [6, 6.07) is 0. The molecule has 2 heteroatoms. The van der Waals surface area contributed by atoms with Crippen molar-refractivity contribution in [2.75, 3.05) is 26.3 Å². The van der Waals surface area contributed by atoms with Gasteiger partial charge in [0, 0.05) is 13.2 Å². The van der Waals surface area contributed by atoms with Crippen LogP contribution in [0.5, 0.6) is 0 Å². The summed E-state index contributed by atoms with van der Waals surface area (Å²) in [4.78, 5) is 0. The third-order valence-electron chi connectivity index (χ3n) is 2.15.